The lowest BCUT2D eigenvalue weighted by atomic mass is 10.0. The van der Waals surface area contributed by atoms with Crippen LogP contribution in [0, 0.1) is 0 Å². The number of carboxylic acid groups (broad SMARTS) is 1. The topological polar surface area (TPSA) is 52.6 Å². The van der Waals surface area contributed by atoms with Gasteiger partial charge in [-0.1, -0.05) is 19.4 Å². The van der Waals surface area contributed by atoms with Crippen molar-refractivity contribution in [1.29, 1.82) is 0 Å². The Labute approximate surface area is 104 Å². The highest BCUT2D eigenvalue weighted by molar-refractivity contribution is 5.86. The molecular formula is C13H24N2O2. The highest BCUT2D eigenvalue weighted by Gasteiger charge is 2.17. The maximum atomic E-state index is 10.8. The van der Waals surface area contributed by atoms with Crippen LogP contribution in [0.15, 0.2) is 11.6 Å². The maximum absolute atomic E-state index is 10.8. The zero-order valence-corrected chi connectivity index (χ0v) is 10.9. The second-order valence-corrected chi connectivity index (χ2v) is 4.68. The van der Waals surface area contributed by atoms with Gasteiger partial charge in [-0.25, -0.2) is 4.79 Å². The van der Waals surface area contributed by atoms with Gasteiger partial charge in [-0.2, -0.15) is 0 Å². The van der Waals surface area contributed by atoms with E-state index in [2.05, 4.69) is 17.3 Å². The Balaban J connectivity index is 2.25. The first-order valence-electron chi connectivity index (χ1n) is 6.48. The lowest BCUT2D eigenvalue weighted by Crippen LogP contribution is -2.43. The Hall–Kier alpha value is -0.870. The number of carboxylic acids is 1. The molecule has 1 aliphatic heterocycles. The smallest absolute Gasteiger partial charge is 0.331 e. The number of aliphatic carboxylic acids is 1. The zero-order chi connectivity index (χ0) is 12.7. The normalized spacial score (nSPS) is 22.7. The molecule has 0 saturated carbocycles. The van der Waals surface area contributed by atoms with Crippen LogP contribution >= 0.6 is 0 Å². The van der Waals surface area contributed by atoms with Gasteiger partial charge in [-0.15, -0.1) is 0 Å². The van der Waals surface area contributed by atoms with Crippen LogP contribution < -0.4 is 5.32 Å². The van der Waals surface area contributed by atoms with Gasteiger partial charge in [0.25, 0.3) is 0 Å². The number of nitrogens with one attached hydrogen (secondary N) is 1. The lowest BCUT2D eigenvalue weighted by molar-refractivity contribution is -0.132. The molecule has 0 amide bonds. The number of likely N-dealkylation sites (tertiary alicyclic amines) is 1. The van der Waals surface area contributed by atoms with Crippen LogP contribution in [0.25, 0.3) is 0 Å². The number of nitrogens with zero attached hydrogens (tertiary/aromatic N) is 1. The van der Waals surface area contributed by atoms with E-state index >= 15 is 0 Å². The lowest BCUT2D eigenvalue weighted by Gasteiger charge is -2.32. The van der Waals surface area contributed by atoms with Crippen LogP contribution in [0.1, 0.15) is 32.6 Å². The highest BCUT2D eigenvalue weighted by atomic mass is 16.4. The van der Waals surface area contributed by atoms with E-state index in [1.807, 2.05) is 6.92 Å². The summed E-state index contributed by atoms with van der Waals surface area (Å²) in [5.74, 6) is -0.802. The van der Waals surface area contributed by atoms with Crippen molar-refractivity contribution in [2.45, 2.75) is 38.6 Å². The van der Waals surface area contributed by atoms with E-state index in [9.17, 15) is 4.79 Å². The van der Waals surface area contributed by atoms with E-state index in [1.54, 1.807) is 6.08 Å². The third-order valence-electron chi connectivity index (χ3n) is 3.45. The van der Waals surface area contributed by atoms with Crippen molar-refractivity contribution in [2.75, 3.05) is 26.7 Å². The molecule has 0 aromatic carbocycles. The average Bonchev–Trinajstić information content (AvgIpc) is 2.31. The Morgan fingerprint density at radius 2 is 2.29 bits per heavy atom. The number of hydrogen-bond donors (Lipinski definition) is 2. The van der Waals surface area contributed by atoms with Gasteiger partial charge in [0.2, 0.25) is 0 Å². The summed E-state index contributed by atoms with van der Waals surface area (Å²) < 4.78 is 0. The predicted octanol–water partition coefficient (Wildman–Crippen LogP) is 1.48. The average molecular weight is 240 g/mol. The fourth-order valence-corrected chi connectivity index (χ4v) is 2.23. The Kier molecular flexibility index (Phi) is 6.22. The molecule has 4 heteroatoms. The Morgan fingerprint density at radius 3 is 2.88 bits per heavy atom. The van der Waals surface area contributed by atoms with E-state index < -0.39 is 5.97 Å². The molecule has 1 atom stereocenters. The summed E-state index contributed by atoms with van der Waals surface area (Å²) in [4.78, 5) is 13.2. The second kappa shape index (κ2) is 7.45. The molecule has 0 spiro atoms. The summed E-state index contributed by atoms with van der Waals surface area (Å²) >= 11 is 0. The molecule has 0 aromatic rings. The summed E-state index contributed by atoms with van der Waals surface area (Å²) in [6.45, 7) is 4.65. The van der Waals surface area contributed by atoms with Crippen molar-refractivity contribution in [1.82, 2.24) is 10.2 Å². The molecule has 17 heavy (non-hydrogen) atoms. The summed E-state index contributed by atoms with van der Waals surface area (Å²) in [5, 5.41) is 12.2. The third-order valence-corrected chi connectivity index (χ3v) is 3.45. The molecule has 98 valence electrons. The minimum absolute atomic E-state index is 0.495. The van der Waals surface area contributed by atoms with E-state index in [4.69, 9.17) is 5.11 Å². The highest BCUT2D eigenvalue weighted by Crippen LogP contribution is 2.13. The molecule has 0 aliphatic carbocycles. The van der Waals surface area contributed by atoms with Gasteiger partial charge in [0.1, 0.15) is 0 Å². The van der Waals surface area contributed by atoms with E-state index in [-0.39, 0.29) is 0 Å². The molecule has 0 aromatic heterocycles. The van der Waals surface area contributed by atoms with Gasteiger partial charge < -0.3 is 15.3 Å². The molecule has 4 nitrogen and oxygen atoms in total. The quantitative estimate of drug-likeness (QED) is 0.545. The molecule has 1 saturated heterocycles. The summed E-state index contributed by atoms with van der Waals surface area (Å²) in [6.07, 6.45) is 6.21. The van der Waals surface area contributed by atoms with E-state index in [0.29, 0.717) is 24.6 Å². The van der Waals surface area contributed by atoms with Crippen molar-refractivity contribution in [3.05, 3.63) is 11.6 Å². The molecular weight excluding hydrogens is 216 g/mol. The number of hydrogen-bond acceptors (Lipinski definition) is 3. The monoisotopic (exact) mass is 240 g/mol. The molecule has 1 fully saturated rings. The molecule has 1 heterocycles. The van der Waals surface area contributed by atoms with Crippen molar-refractivity contribution in [2.24, 2.45) is 0 Å². The van der Waals surface area contributed by atoms with Crippen LogP contribution in [0.5, 0.6) is 0 Å². The predicted molar refractivity (Wildman–Crippen MR) is 69.1 cm³/mol. The number of likely N-dealkylation sites (N-methyl/N-ethyl adjacent to an activating group) is 1. The Morgan fingerprint density at radius 1 is 1.53 bits per heavy atom. The van der Waals surface area contributed by atoms with Gasteiger partial charge in [0.05, 0.1) is 0 Å². The number of piperidine rings is 1. The SMILES string of the molecule is CCC(=CCNCC1CCCCN1C)C(=O)O. The van der Waals surface area contributed by atoms with Crippen LogP contribution in [-0.2, 0) is 4.79 Å². The van der Waals surface area contributed by atoms with Crippen molar-refractivity contribution < 1.29 is 9.90 Å². The largest absolute Gasteiger partial charge is 0.478 e. The summed E-state index contributed by atoms with van der Waals surface area (Å²) in [6, 6.07) is 0.604. The number of rotatable bonds is 6. The van der Waals surface area contributed by atoms with Crippen molar-refractivity contribution in [3.8, 4) is 0 Å². The van der Waals surface area contributed by atoms with Gasteiger partial charge in [0.15, 0.2) is 0 Å². The fourth-order valence-electron chi connectivity index (χ4n) is 2.23. The van der Waals surface area contributed by atoms with Crippen LogP contribution in [-0.4, -0.2) is 48.7 Å². The summed E-state index contributed by atoms with van der Waals surface area (Å²) in [7, 11) is 2.16. The number of carbonyl (C=O) groups is 1. The first kappa shape index (κ1) is 14.2. The third kappa shape index (κ3) is 4.88. The maximum Gasteiger partial charge on any atom is 0.331 e. The van der Waals surface area contributed by atoms with Gasteiger partial charge in [-0.05, 0) is 32.9 Å². The molecule has 0 radical (unpaired) electrons. The molecule has 1 unspecified atom stereocenters. The zero-order valence-electron chi connectivity index (χ0n) is 10.9. The molecule has 1 rings (SSSR count). The van der Waals surface area contributed by atoms with Gasteiger partial charge in [-0.3, -0.25) is 0 Å². The van der Waals surface area contributed by atoms with E-state index in [0.717, 1.165) is 6.54 Å². The van der Waals surface area contributed by atoms with Crippen LogP contribution in [0.4, 0.5) is 0 Å². The molecule has 0 bridgehead atoms. The molecule has 1 aliphatic rings. The standard InChI is InChI=1S/C13H24N2O2/c1-3-11(13(16)17)7-8-14-10-12-6-4-5-9-15(12)2/h7,12,14H,3-6,8-10H2,1-2H3,(H,16,17). The van der Waals surface area contributed by atoms with Gasteiger partial charge >= 0.3 is 5.97 Å². The summed E-state index contributed by atoms with van der Waals surface area (Å²) in [5.41, 5.74) is 0.495. The van der Waals surface area contributed by atoms with Crippen molar-refractivity contribution in [3.63, 3.8) is 0 Å². The first-order valence-corrected chi connectivity index (χ1v) is 6.48. The van der Waals surface area contributed by atoms with Crippen molar-refractivity contribution >= 4 is 5.97 Å². The van der Waals surface area contributed by atoms with Crippen LogP contribution in [0.3, 0.4) is 0 Å². The first-order chi connectivity index (χ1) is 8.15. The molecule has 2 N–H and O–H groups in total. The van der Waals surface area contributed by atoms with Crippen LogP contribution in [0.2, 0.25) is 0 Å². The Bertz CT molecular complexity index is 277. The minimum atomic E-state index is -0.802. The second-order valence-electron chi connectivity index (χ2n) is 4.68. The minimum Gasteiger partial charge on any atom is -0.478 e. The van der Waals surface area contributed by atoms with Gasteiger partial charge in [0, 0.05) is 24.7 Å². The fraction of sp³-hybridized carbons (Fsp3) is 0.769. The van der Waals surface area contributed by atoms with E-state index in [1.165, 1.54) is 25.8 Å².